The monoisotopic (exact) mass is 432 g/mol. The Bertz CT molecular complexity index is 630. The number of hydrogen-bond donors (Lipinski definition) is 2. The van der Waals surface area contributed by atoms with E-state index < -0.39 is 0 Å². The first kappa shape index (κ1) is 24.1. The van der Waals surface area contributed by atoms with Crippen molar-refractivity contribution in [3.05, 3.63) is 0 Å². The van der Waals surface area contributed by atoms with Crippen molar-refractivity contribution < 1.29 is 10.2 Å². The van der Waals surface area contributed by atoms with Crippen LogP contribution in [0.3, 0.4) is 0 Å². The Balaban J connectivity index is 1.46. The van der Waals surface area contributed by atoms with Crippen LogP contribution in [0.25, 0.3) is 0 Å². The molecule has 2 N–H and O–H groups in total. The number of fused-ring (bicyclic) bond motifs is 5. The topological polar surface area (TPSA) is 40.5 Å². The lowest BCUT2D eigenvalue weighted by Crippen LogP contribution is -2.56. The number of aliphatic hydroxyl groups is 2. The molecule has 0 aromatic rings. The maximum Gasteiger partial charge on any atom is 0.0648 e. The SMILES string of the molecule is CC[C@]1(O)CC[C@@]2(C)[C@H](CC[C@@H]3[C@@H]2CC[C@]2(C)[C@@H]([C@H](C)CC[C@H](O)C(C)C)CC[C@@H]32)C1. The van der Waals surface area contributed by atoms with E-state index in [0.717, 1.165) is 61.2 Å². The summed E-state index contributed by atoms with van der Waals surface area (Å²) in [5, 5.41) is 21.4. The van der Waals surface area contributed by atoms with Crippen LogP contribution in [0, 0.1) is 52.3 Å². The van der Waals surface area contributed by atoms with Crippen molar-refractivity contribution in [3.63, 3.8) is 0 Å². The summed E-state index contributed by atoms with van der Waals surface area (Å²) in [4.78, 5) is 0. The first-order valence-electron chi connectivity index (χ1n) is 13.9. The van der Waals surface area contributed by atoms with Crippen LogP contribution in [0.5, 0.6) is 0 Å². The molecule has 0 saturated heterocycles. The van der Waals surface area contributed by atoms with E-state index in [1.54, 1.807) is 0 Å². The second kappa shape index (κ2) is 8.61. The molecule has 31 heavy (non-hydrogen) atoms. The highest BCUT2D eigenvalue weighted by Crippen LogP contribution is 2.69. The highest BCUT2D eigenvalue weighted by Gasteiger charge is 2.61. The second-order valence-corrected chi connectivity index (χ2v) is 13.5. The average molecular weight is 433 g/mol. The lowest BCUT2D eigenvalue weighted by Gasteiger charge is -2.62. The fourth-order valence-corrected chi connectivity index (χ4v) is 9.59. The number of hydrogen-bond acceptors (Lipinski definition) is 2. The molecule has 0 aliphatic heterocycles. The van der Waals surface area contributed by atoms with Crippen molar-refractivity contribution in [1.29, 1.82) is 0 Å². The van der Waals surface area contributed by atoms with Gasteiger partial charge in [0.15, 0.2) is 0 Å². The molecule has 0 aromatic carbocycles. The normalized spacial score (nSPS) is 49.3. The van der Waals surface area contributed by atoms with Crippen LogP contribution in [0.1, 0.15) is 119 Å². The largest absolute Gasteiger partial charge is 0.393 e. The quantitative estimate of drug-likeness (QED) is 0.465. The Morgan fingerprint density at radius 2 is 1.55 bits per heavy atom. The molecule has 0 unspecified atom stereocenters. The summed E-state index contributed by atoms with van der Waals surface area (Å²) in [5.74, 6) is 5.44. The zero-order valence-electron chi connectivity index (χ0n) is 21.5. The van der Waals surface area contributed by atoms with E-state index in [1.165, 1.54) is 51.4 Å². The second-order valence-electron chi connectivity index (χ2n) is 13.5. The van der Waals surface area contributed by atoms with E-state index in [1.807, 2.05) is 0 Å². The van der Waals surface area contributed by atoms with E-state index >= 15 is 0 Å². The van der Waals surface area contributed by atoms with Crippen molar-refractivity contribution in [2.75, 3.05) is 0 Å². The molecule has 4 aliphatic carbocycles. The number of rotatable bonds is 6. The summed E-state index contributed by atoms with van der Waals surface area (Å²) >= 11 is 0. The molecule has 10 atom stereocenters. The molecule has 4 rings (SSSR count). The Morgan fingerprint density at radius 1 is 0.839 bits per heavy atom. The molecule has 0 bridgehead atoms. The molecule has 0 heterocycles. The van der Waals surface area contributed by atoms with Crippen molar-refractivity contribution in [2.24, 2.45) is 52.3 Å². The van der Waals surface area contributed by atoms with Crippen LogP contribution < -0.4 is 0 Å². The summed E-state index contributed by atoms with van der Waals surface area (Å²) in [6.45, 7) is 14.2. The van der Waals surface area contributed by atoms with Crippen LogP contribution >= 0.6 is 0 Å². The number of aliphatic hydroxyl groups excluding tert-OH is 1. The van der Waals surface area contributed by atoms with Gasteiger partial charge in [0.1, 0.15) is 0 Å². The third-order valence-electron chi connectivity index (χ3n) is 11.9. The lowest BCUT2D eigenvalue weighted by atomic mass is 9.43. The van der Waals surface area contributed by atoms with Gasteiger partial charge in [-0.15, -0.1) is 0 Å². The van der Waals surface area contributed by atoms with Gasteiger partial charge in [0.05, 0.1) is 11.7 Å². The fraction of sp³-hybridized carbons (Fsp3) is 1.00. The van der Waals surface area contributed by atoms with Gasteiger partial charge >= 0.3 is 0 Å². The van der Waals surface area contributed by atoms with E-state index in [9.17, 15) is 10.2 Å². The van der Waals surface area contributed by atoms with Crippen molar-refractivity contribution in [1.82, 2.24) is 0 Å². The van der Waals surface area contributed by atoms with E-state index in [0.29, 0.717) is 16.7 Å². The van der Waals surface area contributed by atoms with Gasteiger partial charge in [-0.3, -0.25) is 0 Å². The summed E-state index contributed by atoms with van der Waals surface area (Å²) in [6.07, 6.45) is 14.8. The van der Waals surface area contributed by atoms with E-state index in [2.05, 4.69) is 41.5 Å². The van der Waals surface area contributed by atoms with Crippen LogP contribution in [-0.4, -0.2) is 21.9 Å². The molecule has 0 spiro atoms. The smallest absolute Gasteiger partial charge is 0.0648 e. The molecule has 0 amide bonds. The molecular weight excluding hydrogens is 380 g/mol. The van der Waals surface area contributed by atoms with Crippen molar-refractivity contribution in [2.45, 2.75) is 130 Å². The van der Waals surface area contributed by atoms with Gasteiger partial charge in [-0.2, -0.15) is 0 Å². The lowest BCUT2D eigenvalue weighted by molar-refractivity contribution is -0.152. The minimum Gasteiger partial charge on any atom is -0.393 e. The van der Waals surface area contributed by atoms with Gasteiger partial charge in [0, 0.05) is 0 Å². The van der Waals surface area contributed by atoms with Crippen molar-refractivity contribution in [3.8, 4) is 0 Å². The van der Waals surface area contributed by atoms with E-state index in [-0.39, 0.29) is 11.7 Å². The van der Waals surface area contributed by atoms with Gasteiger partial charge in [-0.05, 0) is 129 Å². The van der Waals surface area contributed by atoms with Gasteiger partial charge in [-0.25, -0.2) is 0 Å². The maximum absolute atomic E-state index is 11.0. The molecule has 4 saturated carbocycles. The van der Waals surface area contributed by atoms with Crippen LogP contribution in [0.4, 0.5) is 0 Å². The van der Waals surface area contributed by atoms with Crippen LogP contribution in [-0.2, 0) is 0 Å². The predicted molar refractivity (Wildman–Crippen MR) is 130 cm³/mol. The summed E-state index contributed by atoms with van der Waals surface area (Å²) in [7, 11) is 0. The Kier molecular flexibility index (Phi) is 6.68. The Morgan fingerprint density at radius 3 is 2.23 bits per heavy atom. The minimum absolute atomic E-state index is 0.133. The molecule has 0 aromatic heterocycles. The molecule has 4 fully saturated rings. The molecule has 0 radical (unpaired) electrons. The van der Waals surface area contributed by atoms with Gasteiger partial charge in [0.25, 0.3) is 0 Å². The Hall–Kier alpha value is -0.0800. The third-order valence-corrected chi connectivity index (χ3v) is 11.9. The highest BCUT2D eigenvalue weighted by molar-refractivity contribution is 5.10. The van der Waals surface area contributed by atoms with Crippen molar-refractivity contribution >= 4 is 0 Å². The van der Waals surface area contributed by atoms with Gasteiger partial charge in [0.2, 0.25) is 0 Å². The zero-order valence-corrected chi connectivity index (χ0v) is 21.5. The molecule has 2 heteroatoms. The molecule has 2 nitrogen and oxygen atoms in total. The average Bonchev–Trinajstić information content (AvgIpc) is 3.09. The predicted octanol–water partition coefficient (Wildman–Crippen LogP) is 7.22. The third kappa shape index (κ3) is 4.05. The first-order valence-corrected chi connectivity index (χ1v) is 13.9. The Labute approximate surface area is 193 Å². The maximum atomic E-state index is 11.0. The molecule has 180 valence electrons. The molecular formula is C29H52O2. The first-order chi connectivity index (χ1) is 14.5. The standard InChI is InChI=1S/C29H52O2/c1-7-29(31)17-16-27(5)21(18-29)9-10-22-24-12-11-23(28(24,6)15-14-25(22)27)20(4)8-13-26(30)19(2)3/h19-26,30-31H,7-18H2,1-6H3/t20-,21-,22+,23-,24+,25+,26+,27+,28-,29+/m1/s1. The summed E-state index contributed by atoms with van der Waals surface area (Å²) in [6, 6.07) is 0. The highest BCUT2D eigenvalue weighted by atomic mass is 16.3. The van der Waals surface area contributed by atoms with E-state index in [4.69, 9.17) is 0 Å². The zero-order chi connectivity index (χ0) is 22.6. The fourth-order valence-electron chi connectivity index (χ4n) is 9.59. The van der Waals surface area contributed by atoms with Crippen LogP contribution in [0.2, 0.25) is 0 Å². The summed E-state index contributed by atoms with van der Waals surface area (Å²) < 4.78 is 0. The minimum atomic E-state index is -0.380. The summed E-state index contributed by atoms with van der Waals surface area (Å²) in [5.41, 5.74) is 0.608. The van der Waals surface area contributed by atoms with Gasteiger partial charge < -0.3 is 10.2 Å². The van der Waals surface area contributed by atoms with Crippen LogP contribution in [0.15, 0.2) is 0 Å². The molecule has 4 aliphatic rings. The van der Waals surface area contributed by atoms with Gasteiger partial charge in [-0.1, -0.05) is 41.5 Å².